The van der Waals surface area contributed by atoms with Crippen LogP contribution < -0.4 is 4.31 Å². The molecule has 0 fully saturated rings. The highest BCUT2D eigenvalue weighted by Crippen LogP contribution is 2.34. The Morgan fingerprint density at radius 3 is 2.70 bits per heavy atom. The molecule has 0 bridgehead atoms. The summed E-state index contributed by atoms with van der Waals surface area (Å²) in [5.41, 5.74) is 2.64. The van der Waals surface area contributed by atoms with Gasteiger partial charge in [-0.25, -0.2) is 8.42 Å². The maximum Gasteiger partial charge on any atom is 0.264 e. The molecule has 20 heavy (non-hydrogen) atoms. The Bertz CT molecular complexity index is 771. The zero-order valence-electron chi connectivity index (χ0n) is 11.0. The molecule has 0 spiro atoms. The van der Waals surface area contributed by atoms with Crippen molar-refractivity contribution >= 4 is 27.3 Å². The minimum Gasteiger partial charge on any atom is -0.266 e. The molecule has 2 aromatic carbocycles. The first-order valence-electron chi connectivity index (χ1n) is 6.36. The first kappa shape index (κ1) is 13.5. The normalized spacial score (nSPS) is 14.4. The van der Waals surface area contributed by atoms with Crippen molar-refractivity contribution in [2.75, 3.05) is 10.8 Å². The predicted molar refractivity (Wildman–Crippen MR) is 80.9 cm³/mol. The highest BCUT2D eigenvalue weighted by molar-refractivity contribution is 7.92. The zero-order valence-corrected chi connectivity index (χ0v) is 12.6. The Morgan fingerprint density at radius 1 is 1.15 bits per heavy atom. The highest BCUT2D eigenvalue weighted by Gasteiger charge is 2.30. The van der Waals surface area contributed by atoms with E-state index in [9.17, 15) is 8.42 Å². The van der Waals surface area contributed by atoms with Crippen LogP contribution in [0.25, 0.3) is 0 Å². The second kappa shape index (κ2) is 4.79. The molecule has 0 saturated heterocycles. The molecule has 3 rings (SSSR count). The molecular formula is C15H14ClNO2S. The quantitative estimate of drug-likeness (QED) is 0.852. The van der Waals surface area contributed by atoms with Gasteiger partial charge in [0.25, 0.3) is 10.0 Å². The van der Waals surface area contributed by atoms with Crippen LogP contribution in [0.1, 0.15) is 11.1 Å². The fraction of sp³-hybridized carbons (Fsp3) is 0.200. The van der Waals surface area contributed by atoms with Gasteiger partial charge in [0.2, 0.25) is 0 Å². The van der Waals surface area contributed by atoms with Crippen LogP contribution in [0.3, 0.4) is 0 Å². The van der Waals surface area contributed by atoms with Crippen LogP contribution in [-0.4, -0.2) is 15.0 Å². The molecule has 0 unspecified atom stereocenters. The molecule has 3 nitrogen and oxygen atoms in total. The summed E-state index contributed by atoms with van der Waals surface area (Å²) in [6.07, 6.45) is 0.695. The molecule has 1 aliphatic heterocycles. The van der Waals surface area contributed by atoms with Crippen LogP contribution in [0.2, 0.25) is 5.02 Å². The summed E-state index contributed by atoms with van der Waals surface area (Å²) in [5.74, 6) is 0. The maximum absolute atomic E-state index is 12.7. The Morgan fingerprint density at radius 2 is 1.95 bits per heavy atom. The van der Waals surface area contributed by atoms with Crippen LogP contribution in [0, 0.1) is 6.92 Å². The molecule has 2 aromatic rings. The molecule has 0 saturated carbocycles. The van der Waals surface area contributed by atoms with Gasteiger partial charge in [-0.15, -0.1) is 0 Å². The molecule has 0 aliphatic carbocycles. The van der Waals surface area contributed by atoms with Gasteiger partial charge in [-0.1, -0.05) is 23.7 Å². The second-order valence-electron chi connectivity index (χ2n) is 4.92. The van der Waals surface area contributed by atoms with E-state index in [1.807, 2.05) is 19.1 Å². The topological polar surface area (TPSA) is 37.4 Å². The number of benzene rings is 2. The molecule has 5 heteroatoms. The van der Waals surface area contributed by atoms with Gasteiger partial charge in [-0.2, -0.15) is 0 Å². The number of rotatable bonds is 2. The lowest BCUT2D eigenvalue weighted by molar-refractivity contribution is 0.592. The van der Waals surface area contributed by atoms with Crippen LogP contribution in [0.5, 0.6) is 0 Å². The average Bonchev–Trinajstić information content (AvgIpc) is 2.82. The smallest absolute Gasteiger partial charge is 0.264 e. The number of anilines is 1. The third-order valence-electron chi connectivity index (χ3n) is 3.47. The number of halogens is 1. The second-order valence-corrected chi connectivity index (χ2v) is 7.22. The summed E-state index contributed by atoms with van der Waals surface area (Å²) in [6.45, 7) is 2.35. The standard InChI is InChI=1S/C15H14ClNO2S/c1-11-3-2-4-14(9-11)20(18,19)17-8-7-12-10-13(16)5-6-15(12)17/h2-6,9-10H,7-8H2,1H3. The average molecular weight is 308 g/mol. The Labute approximate surface area is 123 Å². The minimum absolute atomic E-state index is 0.334. The predicted octanol–water partition coefficient (Wildman–Crippen LogP) is 3.40. The van der Waals surface area contributed by atoms with Crippen molar-refractivity contribution in [3.05, 3.63) is 58.6 Å². The first-order valence-corrected chi connectivity index (χ1v) is 8.18. The van der Waals surface area contributed by atoms with E-state index in [1.54, 1.807) is 30.3 Å². The van der Waals surface area contributed by atoms with Gasteiger partial charge in [0.1, 0.15) is 0 Å². The van der Waals surface area contributed by atoms with Gasteiger partial charge >= 0.3 is 0 Å². The van der Waals surface area contributed by atoms with Crippen LogP contribution in [-0.2, 0) is 16.4 Å². The van der Waals surface area contributed by atoms with Crippen molar-refractivity contribution in [1.29, 1.82) is 0 Å². The highest BCUT2D eigenvalue weighted by atomic mass is 35.5. The Hall–Kier alpha value is -1.52. The number of aryl methyl sites for hydroxylation is 1. The lowest BCUT2D eigenvalue weighted by atomic mass is 10.2. The summed E-state index contributed by atoms with van der Waals surface area (Å²) >= 11 is 5.96. The fourth-order valence-corrected chi connectivity index (χ4v) is 4.30. The van der Waals surface area contributed by atoms with Crippen molar-refractivity contribution in [3.63, 3.8) is 0 Å². The van der Waals surface area contributed by atoms with E-state index in [4.69, 9.17) is 11.6 Å². The van der Waals surface area contributed by atoms with Gasteiger partial charge in [-0.3, -0.25) is 4.31 Å². The Kier molecular flexibility index (Phi) is 3.22. The lowest BCUT2D eigenvalue weighted by Gasteiger charge is -2.19. The molecule has 0 N–H and O–H groups in total. The van der Waals surface area contributed by atoms with E-state index in [0.717, 1.165) is 16.8 Å². The molecule has 1 aliphatic rings. The molecule has 0 amide bonds. The third-order valence-corrected chi connectivity index (χ3v) is 5.52. The van der Waals surface area contributed by atoms with Crippen molar-refractivity contribution < 1.29 is 8.42 Å². The SMILES string of the molecule is Cc1cccc(S(=O)(=O)N2CCc3cc(Cl)ccc32)c1. The summed E-state index contributed by atoms with van der Waals surface area (Å²) in [7, 11) is -3.50. The monoisotopic (exact) mass is 307 g/mol. The van der Waals surface area contributed by atoms with E-state index in [2.05, 4.69) is 0 Å². The molecular weight excluding hydrogens is 294 g/mol. The van der Waals surface area contributed by atoms with E-state index >= 15 is 0 Å². The summed E-state index contributed by atoms with van der Waals surface area (Å²) in [5, 5.41) is 0.638. The lowest BCUT2D eigenvalue weighted by Crippen LogP contribution is -2.29. The van der Waals surface area contributed by atoms with Crippen LogP contribution >= 0.6 is 11.6 Å². The largest absolute Gasteiger partial charge is 0.266 e. The van der Waals surface area contributed by atoms with Crippen molar-refractivity contribution in [3.8, 4) is 0 Å². The van der Waals surface area contributed by atoms with Gasteiger partial charge < -0.3 is 0 Å². The number of hydrogen-bond acceptors (Lipinski definition) is 2. The Balaban J connectivity index is 2.07. The van der Waals surface area contributed by atoms with Gasteiger partial charge in [-0.05, 0) is 54.8 Å². The zero-order chi connectivity index (χ0) is 14.3. The molecule has 0 radical (unpaired) electrons. The fourth-order valence-electron chi connectivity index (χ4n) is 2.49. The maximum atomic E-state index is 12.7. The van der Waals surface area contributed by atoms with Gasteiger partial charge in [0.15, 0.2) is 0 Å². The van der Waals surface area contributed by atoms with Crippen molar-refractivity contribution in [2.45, 2.75) is 18.2 Å². The van der Waals surface area contributed by atoms with Crippen molar-refractivity contribution in [2.24, 2.45) is 0 Å². The first-order chi connectivity index (χ1) is 9.48. The summed E-state index contributed by atoms with van der Waals surface area (Å²) in [6, 6.07) is 12.3. The molecule has 0 aromatic heterocycles. The van der Waals surface area contributed by atoms with Crippen LogP contribution in [0.4, 0.5) is 5.69 Å². The van der Waals surface area contributed by atoms with Gasteiger partial charge in [0.05, 0.1) is 10.6 Å². The third kappa shape index (κ3) is 2.19. The summed E-state index contributed by atoms with van der Waals surface area (Å²) in [4.78, 5) is 0.334. The molecule has 1 heterocycles. The number of hydrogen-bond donors (Lipinski definition) is 0. The van der Waals surface area contributed by atoms with Crippen LogP contribution in [0.15, 0.2) is 47.4 Å². The van der Waals surface area contributed by atoms with Crippen molar-refractivity contribution in [1.82, 2.24) is 0 Å². The number of nitrogens with zero attached hydrogens (tertiary/aromatic N) is 1. The number of fused-ring (bicyclic) bond motifs is 1. The van der Waals surface area contributed by atoms with E-state index in [0.29, 0.717) is 22.9 Å². The van der Waals surface area contributed by atoms with E-state index in [1.165, 1.54) is 4.31 Å². The minimum atomic E-state index is -3.50. The van der Waals surface area contributed by atoms with E-state index < -0.39 is 10.0 Å². The summed E-state index contributed by atoms with van der Waals surface area (Å²) < 4.78 is 26.9. The van der Waals surface area contributed by atoms with Gasteiger partial charge in [0, 0.05) is 11.6 Å². The molecule has 0 atom stereocenters. The number of sulfonamides is 1. The van der Waals surface area contributed by atoms with E-state index in [-0.39, 0.29) is 0 Å². The molecule has 104 valence electrons.